The van der Waals surface area contributed by atoms with Crippen LogP contribution in [0.15, 0.2) is 30.3 Å². The Labute approximate surface area is 107 Å². The average Bonchev–Trinajstić information content (AvgIpc) is 2.63. The minimum atomic E-state index is -0.547. The molecule has 1 aromatic carbocycles. The molecular formula is C14H17NO3. The van der Waals surface area contributed by atoms with Gasteiger partial charge in [0.25, 0.3) is 0 Å². The largest absolute Gasteiger partial charge is 0.444 e. The van der Waals surface area contributed by atoms with Crippen molar-refractivity contribution >= 4 is 12.0 Å². The van der Waals surface area contributed by atoms with Crippen molar-refractivity contribution in [3.63, 3.8) is 0 Å². The van der Waals surface area contributed by atoms with Gasteiger partial charge in [0, 0.05) is 12.0 Å². The second kappa shape index (κ2) is 4.80. The lowest BCUT2D eigenvalue weighted by molar-refractivity contribution is -0.133. The summed E-state index contributed by atoms with van der Waals surface area (Å²) in [7, 11) is 0. The third-order valence-electron chi connectivity index (χ3n) is 3.21. The molecule has 1 saturated heterocycles. The lowest BCUT2D eigenvalue weighted by atomic mass is 9.92. The Morgan fingerprint density at radius 3 is 2.56 bits per heavy atom. The van der Waals surface area contributed by atoms with Gasteiger partial charge in [-0.2, -0.15) is 0 Å². The first-order chi connectivity index (χ1) is 8.50. The Kier molecular flexibility index (Phi) is 3.36. The standard InChI is InChI=1S/C14H17NO3/c1-14(2)8-9-15(12(14)16)13(17)18-10-11-6-4-3-5-7-11/h3-7H,8-10H2,1-2H3. The van der Waals surface area contributed by atoms with Gasteiger partial charge in [-0.25, -0.2) is 9.69 Å². The van der Waals surface area contributed by atoms with Crippen LogP contribution < -0.4 is 0 Å². The number of ether oxygens (including phenoxy) is 1. The molecule has 0 saturated carbocycles. The Balaban J connectivity index is 1.92. The van der Waals surface area contributed by atoms with Crippen LogP contribution in [0.1, 0.15) is 25.8 Å². The monoisotopic (exact) mass is 247 g/mol. The highest BCUT2D eigenvalue weighted by molar-refractivity contribution is 5.96. The van der Waals surface area contributed by atoms with Crippen molar-refractivity contribution in [2.24, 2.45) is 5.41 Å². The van der Waals surface area contributed by atoms with Gasteiger partial charge in [-0.3, -0.25) is 4.79 Å². The summed E-state index contributed by atoms with van der Waals surface area (Å²) in [5, 5.41) is 0. The number of hydrogen-bond donors (Lipinski definition) is 0. The van der Waals surface area contributed by atoms with Crippen molar-refractivity contribution in [1.29, 1.82) is 0 Å². The second-order valence-electron chi connectivity index (χ2n) is 5.13. The van der Waals surface area contributed by atoms with Crippen molar-refractivity contribution in [2.45, 2.75) is 26.9 Å². The van der Waals surface area contributed by atoms with E-state index in [1.807, 2.05) is 44.2 Å². The number of rotatable bonds is 2. The molecule has 2 rings (SSSR count). The fraction of sp³-hybridized carbons (Fsp3) is 0.429. The minimum Gasteiger partial charge on any atom is -0.444 e. The van der Waals surface area contributed by atoms with Crippen LogP contribution in [0.2, 0.25) is 0 Å². The number of amides is 2. The summed E-state index contributed by atoms with van der Waals surface area (Å²) in [6.45, 7) is 4.34. The van der Waals surface area contributed by atoms with E-state index < -0.39 is 11.5 Å². The molecule has 2 amide bonds. The number of nitrogens with zero attached hydrogens (tertiary/aromatic N) is 1. The van der Waals surface area contributed by atoms with Crippen molar-refractivity contribution < 1.29 is 14.3 Å². The van der Waals surface area contributed by atoms with Gasteiger partial charge in [-0.05, 0) is 12.0 Å². The van der Waals surface area contributed by atoms with Crippen LogP contribution in [0.5, 0.6) is 0 Å². The van der Waals surface area contributed by atoms with Gasteiger partial charge in [-0.1, -0.05) is 44.2 Å². The highest BCUT2D eigenvalue weighted by Crippen LogP contribution is 2.30. The van der Waals surface area contributed by atoms with Crippen LogP contribution in [0.4, 0.5) is 4.79 Å². The first-order valence-corrected chi connectivity index (χ1v) is 6.03. The van der Waals surface area contributed by atoms with Gasteiger partial charge in [0.05, 0.1) is 0 Å². The molecule has 4 heteroatoms. The zero-order chi connectivity index (χ0) is 13.2. The second-order valence-corrected chi connectivity index (χ2v) is 5.13. The Morgan fingerprint density at radius 1 is 1.33 bits per heavy atom. The fourth-order valence-electron chi connectivity index (χ4n) is 1.94. The van der Waals surface area contributed by atoms with Crippen LogP contribution in [0, 0.1) is 5.41 Å². The molecule has 1 fully saturated rings. The lowest BCUT2D eigenvalue weighted by Crippen LogP contribution is -2.36. The van der Waals surface area contributed by atoms with Gasteiger partial charge in [0.1, 0.15) is 6.61 Å². The third-order valence-corrected chi connectivity index (χ3v) is 3.21. The molecule has 0 N–H and O–H groups in total. The van der Waals surface area contributed by atoms with Crippen molar-refractivity contribution in [1.82, 2.24) is 4.90 Å². The molecule has 4 nitrogen and oxygen atoms in total. The molecule has 0 aliphatic carbocycles. The number of imide groups is 1. The van der Waals surface area contributed by atoms with Gasteiger partial charge in [0.2, 0.25) is 5.91 Å². The highest BCUT2D eigenvalue weighted by atomic mass is 16.6. The maximum absolute atomic E-state index is 11.9. The summed E-state index contributed by atoms with van der Waals surface area (Å²) in [6, 6.07) is 9.42. The summed E-state index contributed by atoms with van der Waals surface area (Å²) in [5.41, 5.74) is 0.461. The summed E-state index contributed by atoms with van der Waals surface area (Å²) in [6.07, 6.45) is 0.140. The molecule has 0 atom stereocenters. The van der Waals surface area contributed by atoms with Gasteiger partial charge in [0.15, 0.2) is 0 Å². The predicted octanol–water partition coefficient (Wildman–Crippen LogP) is 2.58. The van der Waals surface area contributed by atoms with E-state index in [4.69, 9.17) is 4.74 Å². The van der Waals surface area contributed by atoms with Crippen LogP contribution >= 0.6 is 0 Å². The predicted molar refractivity (Wildman–Crippen MR) is 66.7 cm³/mol. The number of likely N-dealkylation sites (tertiary alicyclic amines) is 1. The first kappa shape index (κ1) is 12.6. The zero-order valence-corrected chi connectivity index (χ0v) is 10.7. The molecule has 0 bridgehead atoms. The zero-order valence-electron chi connectivity index (χ0n) is 10.7. The SMILES string of the molecule is CC1(C)CCN(C(=O)OCc2ccccc2)C1=O. The maximum Gasteiger partial charge on any atom is 0.416 e. The van der Waals surface area contributed by atoms with Crippen LogP contribution in [-0.4, -0.2) is 23.4 Å². The fourth-order valence-corrected chi connectivity index (χ4v) is 1.94. The van der Waals surface area contributed by atoms with Crippen LogP contribution in [0.25, 0.3) is 0 Å². The topological polar surface area (TPSA) is 46.6 Å². The number of carbonyl (C=O) groups excluding carboxylic acids is 2. The molecule has 1 aliphatic rings. The summed E-state index contributed by atoms with van der Waals surface area (Å²) in [4.78, 5) is 24.9. The molecule has 0 aromatic heterocycles. The van der Waals surface area contributed by atoms with E-state index in [1.165, 1.54) is 4.90 Å². The van der Waals surface area contributed by atoms with Crippen LogP contribution in [-0.2, 0) is 16.1 Å². The van der Waals surface area contributed by atoms with E-state index in [1.54, 1.807) is 0 Å². The summed E-state index contributed by atoms with van der Waals surface area (Å²) < 4.78 is 5.14. The number of benzene rings is 1. The van der Waals surface area contributed by atoms with E-state index in [9.17, 15) is 9.59 Å². The molecule has 1 aromatic rings. The molecule has 18 heavy (non-hydrogen) atoms. The van der Waals surface area contributed by atoms with E-state index in [0.29, 0.717) is 13.0 Å². The number of carbonyl (C=O) groups is 2. The van der Waals surface area contributed by atoms with E-state index in [2.05, 4.69) is 0 Å². The molecule has 1 aliphatic heterocycles. The van der Waals surface area contributed by atoms with Crippen molar-refractivity contribution in [3.8, 4) is 0 Å². The molecule has 0 spiro atoms. The van der Waals surface area contributed by atoms with E-state index in [0.717, 1.165) is 5.56 Å². The van der Waals surface area contributed by atoms with E-state index in [-0.39, 0.29) is 12.5 Å². The lowest BCUT2D eigenvalue weighted by Gasteiger charge is -2.17. The van der Waals surface area contributed by atoms with Gasteiger partial charge < -0.3 is 4.74 Å². The Morgan fingerprint density at radius 2 is 2.00 bits per heavy atom. The van der Waals surface area contributed by atoms with Gasteiger partial charge in [-0.15, -0.1) is 0 Å². The summed E-state index contributed by atoms with van der Waals surface area (Å²) in [5.74, 6) is -0.152. The molecular weight excluding hydrogens is 230 g/mol. The highest BCUT2D eigenvalue weighted by Gasteiger charge is 2.42. The number of hydrogen-bond acceptors (Lipinski definition) is 3. The molecule has 0 radical (unpaired) electrons. The quantitative estimate of drug-likeness (QED) is 0.807. The van der Waals surface area contributed by atoms with E-state index >= 15 is 0 Å². The molecule has 0 unspecified atom stereocenters. The minimum absolute atomic E-state index is 0.152. The molecule has 1 heterocycles. The average molecular weight is 247 g/mol. The van der Waals surface area contributed by atoms with Crippen molar-refractivity contribution in [2.75, 3.05) is 6.54 Å². The Hall–Kier alpha value is -1.84. The first-order valence-electron chi connectivity index (χ1n) is 6.03. The third kappa shape index (κ3) is 2.53. The maximum atomic E-state index is 11.9. The smallest absolute Gasteiger partial charge is 0.416 e. The normalized spacial score (nSPS) is 17.9. The molecule has 96 valence electrons. The van der Waals surface area contributed by atoms with Gasteiger partial charge >= 0.3 is 6.09 Å². The Bertz CT molecular complexity index is 453. The van der Waals surface area contributed by atoms with Crippen LogP contribution in [0.3, 0.4) is 0 Å². The van der Waals surface area contributed by atoms with Crippen molar-refractivity contribution in [3.05, 3.63) is 35.9 Å². The summed E-state index contributed by atoms with van der Waals surface area (Å²) >= 11 is 0.